The predicted molar refractivity (Wildman–Crippen MR) is 85.9 cm³/mol. The van der Waals surface area contributed by atoms with E-state index in [0.29, 0.717) is 24.6 Å². The smallest absolute Gasteiger partial charge is 0.142 e. The largest absolute Gasteiger partial charge is 0.492 e. The van der Waals surface area contributed by atoms with Crippen LogP contribution in [0.25, 0.3) is 0 Å². The third-order valence-electron chi connectivity index (χ3n) is 4.19. The highest BCUT2D eigenvalue weighted by Gasteiger charge is 2.29. The number of ether oxygens (including phenoxy) is 1. The van der Waals surface area contributed by atoms with Gasteiger partial charge in [0, 0.05) is 23.7 Å². The minimum absolute atomic E-state index is 0.457. The van der Waals surface area contributed by atoms with Gasteiger partial charge in [-0.15, -0.1) is 0 Å². The fourth-order valence-corrected chi connectivity index (χ4v) is 3.01. The molecule has 0 radical (unpaired) electrons. The van der Waals surface area contributed by atoms with Crippen molar-refractivity contribution in [3.8, 4) is 5.75 Å². The molecule has 1 aliphatic rings. The molecule has 1 heterocycles. The first-order chi connectivity index (χ1) is 9.51. The molecule has 1 aliphatic heterocycles. The second kappa shape index (κ2) is 6.68. The molecule has 1 fully saturated rings. The maximum absolute atomic E-state index is 6.12. The molecule has 1 aromatic rings. The Morgan fingerprint density at radius 3 is 2.85 bits per heavy atom. The average Bonchev–Trinajstić information content (AvgIpc) is 2.39. The fraction of sp³-hybridized carbons (Fsp3) is 0.625. The molecule has 1 aromatic carbocycles. The second-order valence-corrected chi connectivity index (χ2v) is 6.26. The van der Waals surface area contributed by atoms with Crippen molar-refractivity contribution in [2.75, 3.05) is 25.5 Å². The number of likely N-dealkylation sites (tertiary alicyclic amines) is 1. The minimum atomic E-state index is 0.457. The van der Waals surface area contributed by atoms with Gasteiger partial charge >= 0.3 is 0 Å². The molecule has 0 saturated carbocycles. The van der Waals surface area contributed by atoms with Gasteiger partial charge in [-0.05, 0) is 51.4 Å². The van der Waals surface area contributed by atoms with E-state index >= 15 is 0 Å². The summed E-state index contributed by atoms with van der Waals surface area (Å²) in [5.41, 5.74) is 1.01. The first-order valence-electron chi connectivity index (χ1n) is 7.40. The lowest BCUT2D eigenvalue weighted by molar-refractivity contribution is 0.145. The van der Waals surface area contributed by atoms with E-state index in [0.717, 1.165) is 29.4 Å². The van der Waals surface area contributed by atoms with Crippen LogP contribution in [0.5, 0.6) is 5.75 Å². The average molecular weight is 297 g/mol. The Kier molecular flexibility index (Phi) is 5.17. The molecule has 3 atom stereocenters. The van der Waals surface area contributed by atoms with E-state index in [-0.39, 0.29) is 0 Å². The Balaban J connectivity index is 2.14. The third-order valence-corrected chi connectivity index (χ3v) is 4.43. The van der Waals surface area contributed by atoms with Crippen molar-refractivity contribution < 1.29 is 4.74 Å². The van der Waals surface area contributed by atoms with Crippen LogP contribution in [-0.2, 0) is 0 Å². The monoisotopic (exact) mass is 296 g/mol. The lowest BCUT2D eigenvalue weighted by atomic mass is 9.89. The van der Waals surface area contributed by atoms with Gasteiger partial charge in [-0.3, -0.25) is 0 Å². The summed E-state index contributed by atoms with van der Waals surface area (Å²) in [5.74, 6) is 1.49. The van der Waals surface area contributed by atoms with Crippen molar-refractivity contribution in [1.29, 1.82) is 0 Å². The van der Waals surface area contributed by atoms with Crippen LogP contribution in [0.4, 0.5) is 5.69 Å². The Labute approximate surface area is 127 Å². The molecule has 1 saturated heterocycles. The Hall–Kier alpha value is -0.930. The topological polar surface area (TPSA) is 24.5 Å². The Morgan fingerprint density at radius 2 is 2.15 bits per heavy atom. The van der Waals surface area contributed by atoms with E-state index in [1.165, 1.54) is 0 Å². The van der Waals surface area contributed by atoms with Gasteiger partial charge in [-0.1, -0.05) is 18.5 Å². The van der Waals surface area contributed by atoms with Crippen LogP contribution in [0.2, 0.25) is 5.02 Å². The summed E-state index contributed by atoms with van der Waals surface area (Å²) in [6, 6.07) is 6.83. The number of hydrogen-bond acceptors (Lipinski definition) is 3. The number of nitrogens with one attached hydrogen (secondary N) is 1. The van der Waals surface area contributed by atoms with Crippen molar-refractivity contribution in [3.63, 3.8) is 0 Å². The summed E-state index contributed by atoms with van der Waals surface area (Å²) in [6.07, 6.45) is 1.13. The first-order valence-corrected chi connectivity index (χ1v) is 7.78. The molecule has 3 nitrogen and oxygen atoms in total. The normalized spacial score (nSPS) is 27.4. The third kappa shape index (κ3) is 3.58. The fourth-order valence-electron chi connectivity index (χ4n) is 2.84. The molecule has 1 N–H and O–H groups in total. The van der Waals surface area contributed by atoms with Crippen LogP contribution in [-0.4, -0.2) is 37.2 Å². The van der Waals surface area contributed by atoms with E-state index in [4.69, 9.17) is 16.3 Å². The number of halogens is 1. The predicted octanol–water partition coefficient (Wildman–Crippen LogP) is 3.88. The van der Waals surface area contributed by atoms with Crippen LogP contribution in [0.15, 0.2) is 18.2 Å². The number of nitrogens with zero attached hydrogens (tertiary/aromatic N) is 1. The molecule has 20 heavy (non-hydrogen) atoms. The van der Waals surface area contributed by atoms with E-state index < -0.39 is 0 Å². The van der Waals surface area contributed by atoms with Crippen molar-refractivity contribution >= 4 is 17.3 Å². The van der Waals surface area contributed by atoms with Crippen LogP contribution in [0.1, 0.15) is 27.2 Å². The molecule has 0 aliphatic carbocycles. The molecular formula is C16H25ClN2O. The van der Waals surface area contributed by atoms with Crippen LogP contribution in [0, 0.1) is 5.92 Å². The molecule has 0 spiro atoms. The van der Waals surface area contributed by atoms with Gasteiger partial charge in [0.05, 0.1) is 12.3 Å². The van der Waals surface area contributed by atoms with Gasteiger partial charge in [0.1, 0.15) is 5.75 Å². The quantitative estimate of drug-likeness (QED) is 0.912. The molecule has 4 heteroatoms. The number of hydrogen-bond donors (Lipinski definition) is 1. The highest BCUT2D eigenvalue weighted by molar-refractivity contribution is 6.30. The SMILES string of the molecule is CCOc1ccc(Cl)cc1NC1CC(C)N(C)CC1C. The highest BCUT2D eigenvalue weighted by Crippen LogP contribution is 2.32. The van der Waals surface area contributed by atoms with Crippen LogP contribution < -0.4 is 10.1 Å². The summed E-state index contributed by atoms with van der Waals surface area (Å²) in [7, 11) is 2.20. The summed E-state index contributed by atoms with van der Waals surface area (Å²) in [6.45, 7) is 8.35. The molecule has 2 rings (SSSR count). The lowest BCUT2D eigenvalue weighted by Crippen LogP contribution is -2.48. The van der Waals surface area contributed by atoms with Crippen molar-refractivity contribution in [1.82, 2.24) is 4.90 Å². The summed E-state index contributed by atoms with van der Waals surface area (Å²) in [4.78, 5) is 2.42. The van der Waals surface area contributed by atoms with E-state index in [1.54, 1.807) is 0 Å². The summed E-state index contributed by atoms with van der Waals surface area (Å²) in [5, 5.41) is 4.38. The highest BCUT2D eigenvalue weighted by atomic mass is 35.5. The minimum Gasteiger partial charge on any atom is -0.492 e. The summed E-state index contributed by atoms with van der Waals surface area (Å²) >= 11 is 6.12. The van der Waals surface area contributed by atoms with Gasteiger partial charge in [0.15, 0.2) is 0 Å². The standard InChI is InChI=1S/C16H25ClN2O/c1-5-20-16-7-6-13(17)9-15(16)18-14-8-12(3)19(4)10-11(14)2/h6-7,9,11-12,14,18H,5,8,10H2,1-4H3. The molecule has 0 bridgehead atoms. The van der Waals surface area contributed by atoms with Crippen molar-refractivity contribution in [2.45, 2.75) is 39.3 Å². The number of piperidine rings is 1. The number of anilines is 1. The van der Waals surface area contributed by atoms with E-state index in [2.05, 4.69) is 31.1 Å². The maximum Gasteiger partial charge on any atom is 0.142 e. The van der Waals surface area contributed by atoms with Gasteiger partial charge in [0.2, 0.25) is 0 Å². The lowest BCUT2D eigenvalue weighted by Gasteiger charge is -2.40. The van der Waals surface area contributed by atoms with Crippen molar-refractivity contribution in [2.24, 2.45) is 5.92 Å². The first kappa shape index (κ1) is 15.5. The molecule has 3 unspecified atom stereocenters. The Bertz CT molecular complexity index is 452. The van der Waals surface area contributed by atoms with Crippen molar-refractivity contribution in [3.05, 3.63) is 23.2 Å². The van der Waals surface area contributed by atoms with E-state index in [9.17, 15) is 0 Å². The van der Waals surface area contributed by atoms with Gasteiger partial charge in [-0.2, -0.15) is 0 Å². The maximum atomic E-state index is 6.12. The zero-order valence-corrected chi connectivity index (χ0v) is 13.6. The van der Waals surface area contributed by atoms with Gasteiger partial charge < -0.3 is 15.0 Å². The number of rotatable bonds is 4. The van der Waals surface area contributed by atoms with Crippen LogP contribution >= 0.6 is 11.6 Å². The van der Waals surface area contributed by atoms with Gasteiger partial charge in [-0.25, -0.2) is 0 Å². The molecule has 0 amide bonds. The zero-order chi connectivity index (χ0) is 14.7. The summed E-state index contributed by atoms with van der Waals surface area (Å²) < 4.78 is 5.69. The Morgan fingerprint density at radius 1 is 1.40 bits per heavy atom. The second-order valence-electron chi connectivity index (χ2n) is 5.83. The molecular weight excluding hydrogens is 272 g/mol. The molecule has 0 aromatic heterocycles. The van der Waals surface area contributed by atoms with Crippen LogP contribution in [0.3, 0.4) is 0 Å². The van der Waals surface area contributed by atoms with E-state index in [1.807, 2.05) is 25.1 Å². The number of benzene rings is 1. The molecule has 112 valence electrons. The zero-order valence-electron chi connectivity index (χ0n) is 12.8. The van der Waals surface area contributed by atoms with Gasteiger partial charge in [0.25, 0.3) is 0 Å².